The zero-order chi connectivity index (χ0) is 13.1. The summed E-state index contributed by atoms with van der Waals surface area (Å²) in [5.74, 6) is 0.691. The first-order valence-corrected chi connectivity index (χ1v) is 6.87. The summed E-state index contributed by atoms with van der Waals surface area (Å²) in [6, 6.07) is 5.73. The molecule has 0 amide bonds. The van der Waals surface area contributed by atoms with Crippen LogP contribution in [-0.2, 0) is 6.54 Å². The Morgan fingerprint density at radius 3 is 2.89 bits per heavy atom. The van der Waals surface area contributed by atoms with Crippen LogP contribution in [0.5, 0.6) is 0 Å². The molecule has 6 heteroatoms. The van der Waals surface area contributed by atoms with E-state index in [4.69, 9.17) is 11.0 Å². The van der Waals surface area contributed by atoms with E-state index in [0.717, 1.165) is 10.3 Å². The highest BCUT2D eigenvalue weighted by molar-refractivity contribution is 9.11. The first-order valence-electron chi connectivity index (χ1n) is 5.20. The maximum atomic E-state index is 8.77. The summed E-state index contributed by atoms with van der Waals surface area (Å²) in [5, 5.41) is 10.9. The third-order valence-electron chi connectivity index (χ3n) is 2.43. The van der Waals surface area contributed by atoms with Gasteiger partial charge in [0, 0.05) is 19.8 Å². The molecule has 0 aliphatic rings. The van der Waals surface area contributed by atoms with Crippen LogP contribution in [-0.4, -0.2) is 12.0 Å². The average Bonchev–Trinajstić information content (AvgIpc) is 2.74. The molecule has 2 heterocycles. The molecule has 18 heavy (non-hydrogen) atoms. The Labute approximate surface area is 118 Å². The fraction of sp³-hybridized carbons (Fsp3) is 0.167. The minimum Gasteiger partial charge on any atom is -0.396 e. The Bertz CT molecular complexity index is 602. The number of halogens is 1. The molecule has 0 saturated heterocycles. The van der Waals surface area contributed by atoms with Crippen molar-refractivity contribution in [3.8, 4) is 6.07 Å². The van der Waals surface area contributed by atoms with Crippen LogP contribution < -0.4 is 10.6 Å². The van der Waals surface area contributed by atoms with Crippen LogP contribution in [0.25, 0.3) is 0 Å². The van der Waals surface area contributed by atoms with Gasteiger partial charge in [-0.15, -0.1) is 11.3 Å². The molecule has 2 rings (SSSR count). The fourth-order valence-corrected chi connectivity index (χ4v) is 2.83. The van der Waals surface area contributed by atoms with Crippen molar-refractivity contribution in [3.63, 3.8) is 0 Å². The van der Waals surface area contributed by atoms with Crippen molar-refractivity contribution < 1.29 is 0 Å². The second-order valence-corrected chi connectivity index (χ2v) is 6.15. The van der Waals surface area contributed by atoms with Crippen molar-refractivity contribution in [2.24, 2.45) is 0 Å². The van der Waals surface area contributed by atoms with Crippen LogP contribution in [0.3, 0.4) is 0 Å². The topological polar surface area (TPSA) is 65.9 Å². The van der Waals surface area contributed by atoms with Gasteiger partial charge in [0.15, 0.2) is 5.82 Å². The molecule has 0 spiro atoms. The number of hydrogen-bond donors (Lipinski definition) is 1. The number of nitrogens with two attached hydrogens (primary N) is 1. The summed E-state index contributed by atoms with van der Waals surface area (Å²) in [7, 11) is 1.93. The SMILES string of the molecule is CN(Cc1csc(Br)c1)c1ncc(C#N)cc1N. The zero-order valence-corrected chi connectivity index (χ0v) is 12.1. The highest BCUT2D eigenvalue weighted by atomic mass is 79.9. The Balaban J connectivity index is 2.19. The molecule has 2 aromatic heterocycles. The maximum Gasteiger partial charge on any atom is 0.151 e. The van der Waals surface area contributed by atoms with Gasteiger partial charge in [0.2, 0.25) is 0 Å². The van der Waals surface area contributed by atoms with E-state index >= 15 is 0 Å². The number of hydrogen-bond acceptors (Lipinski definition) is 5. The summed E-state index contributed by atoms with van der Waals surface area (Å²) < 4.78 is 1.10. The van der Waals surface area contributed by atoms with Crippen molar-refractivity contribution in [2.45, 2.75) is 6.54 Å². The molecule has 0 aliphatic carbocycles. The van der Waals surface area contributed by atoms with E-state index in [-0.39, 0.29) is 0 Å². The Kier molecular flexibility index (Phi) is 3.84. The van der Waals surface area contributed by atoms with E-state index in [2.05, 4.69) is 32.4 Å². The van der Waals surface area contributed by atoms with E-state index < -0.39 is 0 Å². The number of thiophene rings is 1. The molecule has 0 bridgehead atoms. The van der Waals surface area contributed by atoms with Gasteiger partial charge in [0.05, 0.1) is 15.0 Å². The molecular formula is C12H11BrN4S. The van der Waals surface area contributed by atoms with Gasteiger partial charge >= 0.3 is 0 Å². The third kappa shape index (κ3) is 2.81. The fourth-order valence-electron chi connectivity index (χ4n) is 1.63. The number of aromatic nitrogens is 1. The van der Waals surface area contributed by atoms with Gasteiger partial charge in [0.1, 0.15) is 6.07 Å². The maximum absolute atomic E-state index is 8.77. The minimum absolute atomic E-state index is 0.475. The van der Waals surface area contributed by atoms with E-state index in [1.165, 1.54) is 11.8 Å². The van der Waals surface area contributed by atoms with E-state index in [9.17, 15) is 0 Å². The van der Waals surface area contributed by atoms with Gasteiger partial charge < -0.3 is 10.6 Å². The highest BCUT2D eigenvalue weighted by Crippen LogP contribution is 2.25. The number of nitrogen functional groups attached to an aromatic ring is 1. The molecule has 0 fully saturated rings. The molecule has 0 aromatic carbocycles. The van der Waals surface area contributed by atoms with Crippen molar-refractivity contribution in [1.82, 2.24) is 4.98 Å². The third-order valence-corrected chi connectivity index (χ3v) is 3.98. The van der Waals surface area contributed by atoms with E-state index in [0.29, 0.717) is 17.1 Å². The largest absolute Gasteiger partial charge is 0.396 e. The van der Waals surface area contributed by atoms with Crippen LogP contribution in [0, 0.1) is 11.3 Å². The van der Waals surface area contributed by atoms with Gasteiger partial charge in [0.25, 0.3) is 0 Å². The lowest BCUT2D eigenvalue weighted by Gasteiger charge is -2.19. The van der Waals surface area contributed by atoms with Crippen molar-refractivity contribution in [1.29, 1.82) is 5.26 Å². The summed E-state index contributed by atoms with van der Waals surface area (Å²) in [6.45, 7) is 0.727. The lowest BCUT2D eigenvalue weighted by molar-refractivity contribution is 0.903. The predicted octanol–water partition coefficient (Wildman–Crippen LogP) is 3.00. The second-order valence-electron chi connectivity index (χ2n) is 3.86. The van der Waals surface area contributed by atoms with Crippen LogP contribution in [0.1, 0.15) is 11.1 Å². The summed E-state index contributed by atoms with van der Waals surface area (Å²) in [6.07, 6.45) is 1.53. The van der Waals surface area contributed by atoms with Crippen LogP contribution in [0.4, 0.5) is 11.5 Å². The molecule has 4 nitrogen and oxygen atoms in total. The van der Waals surface area contributed by atoms with Crippen molar-refractivity contribution in [2.75, 3.05) is 17.7 Å². The molecule has 92 valence electrons. The molecule has 0 radical (unpaired) electrons. The number of pyridine rings is 1. The monoisotopic (exact) mass is 322 g/mol. The summed E-state index contributed by atoms with van der Waals surface area (Å²) >= 11 is 5.08. The molecule has 0 saturated carbocycles. The molecular weight excluding hydrogens is 312 g/mol. The summed E-state index contributed by atoms with van der Waals surface area (Å²) in [5.41, 5.74) is 8.08. The van der Waals surface area contributed by atoms with Gasteiger partial charge in [-0.3, -0.25) is 0 Å². The van der Waals surface area contributed by atoms with Crippen molar-refractivity contribution >= 4 is 38.8 Å². The Hall–Kier alpha value is -1.58. The van der Waals surface area contributed by atoms with Crippen LogP contribution in [0.2, 0.25) is 0 Å². The Morgan fingerprint density at radius 1 is 1.56 bits per heavy atom. The number of anilines is 2. The van der Waals surface area contributed by atoms with Gasteiger partial charge in [-0.1, -0.05) is 0 Å². The molecule has 2 aromatic rings. The number of rotatable bonds is 3. The molecule has 0 atom stereocenters. The lowest BCUT2D eigenvalue weighted by Crippen LogP contribution is -2.18. The zero-order valence-electron chi connectivity index (χ0n) is 9.72. The normalized spacial score (nSPS) is 10.1. The molecule has 0 aliphatic heterocycles. The summed E-state index contributed by atoms with van der Waals surface area (Å²) in [4.78, 5) is 6.19. The number of nitrogens with zero attached hydrogens (tertiary/aromatic N) is 3. The minimum atomic E-state index is 0.475. The van der Waals surface area contributed by atoms with E-state index in [1.54, 1.807) is 17.4 Å². The standard InChI is InChI=1S/C12H11BrN4S/c1-17(6-9-3-11(13)18-7-9)12-10(15)2-8(4-14)5-16-12/h2-3,5,7H,6,15H2,1H3. The lowest BCUT2D eigenvalue weighted by atomic mass is 10.2. The van der Waals surface area contributed by atoms with Crippen LogP contribution in [0.15, 0.2) is 27.5 Å². The molecule has 2 N–H and O–H groups in total. The first-order chi connectivity index (χ1) is 8.60. The smallest absolute Gasteiger partial charge is 0.151 e. The number of nitriles is 1. The van der Waals surface area contributed by atoms with Gasteiger partial charge in [-0.05, 0) is 39.0 Å². The average molecular weight is 323 g/mol. The second kappa shape index (κ2) is 5.38. The quantitative estimate of drug-likeness (QED) is 0.943. The molecule has 0 unspecified atom stereocenters. The van der Waals surface area contributed by atoms with Gasteiger partial charge in [-0.2, -0.15) is 5.26 Å². The highest BCUT2D eigenvalue weighted by Gasteiger charge is 2.09. The van der Waals surface area contributed by atoms with E-state index in [1.807, 2.05) is 18.0 Å². The predicted molar refractivity (Wildman–Crippen MR) is 77.5 cm³/mol. The first kappa shape index (κ1) is 12.9. The van der Waals surface area contributed by atoms with Crippen molar-refractivity contribution in [3.05, 3.63) is 38.6 Å². The van der Waals surface area contributed by atoms with Gasteiger partial charge in [-0.25, -0.2) is 4.98 Å². The Morgan fingerprint density at radius 2 is 2.33 bits per heavy atom. The van der Waals surface area contributed by atoms with Crippen LogP contribution >= 0.6 is 27.3 Å².